The molecule has 0 bridgehead atoms. The number of H-pyrrole nitrogens is 2. The zero-order chi connectivity index (χ0) is 23.1. The Hall–Kier alpha value is -4.53. The number of aliphatic imine (C=N–C) groups is 1. The van der Waals surface area contributed by atoms with Gasteiger partial charge in [-0.25, -0.2) is 14.2 Å². The molecule has 0 saturated carbocycles. The van der Waals surface area contributed by atoms with E-state index in [9.17, 15) is 9.18 Å². The molecule has 1 atom stereocenters. The minimum atomic E-state index is -0.508. The van der Waals surface area contributed by atoms with Crippen molar-refractivity contribution in [3.63, 3.8) is 0 Å². The van der Waals surface area contributed by atoms with E-state index < -0.39 is 6.04 Å². The van der Waals surface area contributed by atoms with Gasteiger partial charge < -0.3 is 9.97 Å². The summed E-state index contributed by atoms with van der Waals surface area (Å²) in [5.74, 6) is 0.208. The Balaban J connectivity index is 1.43. The van der Waals surface area contributed by atoms with Crippen molar-refractivity contribution in [3.05, 3.63) is 90.4 Å². The van der Waals surface area contributed by atoms with E-state index in [1.54, 1.807) is 23.5 Å². The number of pyridine rings is 1. The maximum Gasteiger partial charge on any atom is 0.328 e. The number of rotatable bonds is 5. The Morgan fingerprint density at radius 3 is 2.85 bits per heavy atom. The molecule has 5 aromatic rings. The zero-order valence-corrected chi connectivity index (χ0v) is 18.0. The molecule has 1 aliphatic heterocycles. The third-order valence-corrected chi connectivity index (χ3v) is 6.00. The summed E-state index contributed by atoms with van der Waals surface area (Å²) < 4.78 is 13.8. The van der Waals surface area contributed by atoms with Crippen molar-refractivity contribution in [2.45, 2.75) is 12.5 Å². The predicted octanol–water partition coefficient (Wildman–Crippen LogP) is 4.49. The van der Waals surface area contributed by atoms with E-state index >= 15 is 0 Å². The lowest BCUT2D eigenvalue weighted by Crippen LogP contribution is -2.29. The number of hydrogen-bond donors (Lipinski definition) is 3. The first-order chi connectivity index (χ1) is 16.7. The number of urea groups is 1. The van der Waals surface area contributed by atoms with Crippen molar-refractivity contribution < 1.29 is 9.18 Å². The van der Waals surface area contributed by atoms with Gasteiger partial charge in [0.15, 0.2) is 0 Å². The molecule has 0 aliphatic carbocycles. The smallest absolute Gasteiger partial charge is 0.328 e. The van der Waals surface area contributed by atoms with E-state index in [-0.39, 0.29) is 11.8 Å². The van der Waals surface area contributed by atoms with Gasteiger partial charge >= 0.3 is 6.03 Å². The number of amides is 2. The summed E-state index contributed by atoms with van der Waals surface area (Å²) >= 11 is 0. The van der Waals surface area contributed by atoms with Crippen molar-refractivity contribution in [1.82, 2.24) is 25.3 Å². The van der Waals surface area contributed by atoms with Crippen LogP contribution in [0.4, 0.5) is 14.9 Å². The molecule has 3 N–H and O–H groups in total. The van der Waals surface area contributed by atoms with Gasteiger partial charge in [-0.3, -0.25) is 20.2 Å². The summed E-state index contributed by atoms with van der Waals surface area (Å²) in [5.41, 5.74) is 4.74. The fourth-order valence-corrected chi connectivity index (χ4v) is 4.41. The van der Waals surface area contributed by atoms with Crippen LogP contribution >= 0.6 is 0 Å². The molecule has 2 aromatic carbocycles. The second kappa shape index (κ2) is 8.11. The van der Waals surface area contributed by atoms with E-state index in [0.717, 1.165) is 27.7 Å². The lowest BCUT2D eigenvalue weighted by atomic mass is 10.0. The summed E-state index contributed by atoms with van der Waals surface area (Å²) in [4.78, 5) is 34.5. The van der Waals surface area contributed by atoms with Gasteiger partial charge in [-0.2, -0.15) is 0 Å². The monoisotopic (exact) mass is 453 g/mol. The Kier molecular flexibility index (Phi) is 4.80. The van der Waals surface area contributed by atoms with Gasteiger partial charge in [0.05, 0.1) is 17.4 Å². The highest BCUT2D eigenvalue weighted by atomic mass is 19.1. The van der Waals surface area contributed by atoms with Crippen LogP contribution in [-0.2, 0) is 6.42 Å². The van der Waals surface area contributed by atoms with Crippen molar-refractivity contribution in [3.8, 4) is 0 Å². The Bertz CT molecular complexity index is 1540. The summed E-state index contributed by atoms with van der Waals surface area (Å²) in [6.45, 7) is 0.465. The van der Waals surface area contributed by atoms with Crippen molar-refractivity contribution in [2.24, 2.45) is 4.99 Å². The molecule has 1 fully saturated rings. The van der Waals surface area contributed by atoms with E-state index in [1.807, 2.05) is 42.6 Å². The maximum atomic E-state index is 13.8. The normalized spacial score (nSPS) is 17.2. The third-order valence-electron chi connectivity index (χ3n) is 6.00. The molecule has 1 unspecified atom stereocenters. The number of hydrogen-bond acceptors (Lipinski definition) is 4. The van der Waals surface area contributed by atoms with Crippen LogP contribution in [0.2, 0.25) is 0 Å². The molecule has 34 heavy (non-hydrogen) atoms. The first-order valence-electron chi connectivity index (χ1n) is 10.9. The van der Waals surface area contributed by atoms with Crippen LogP contribution in [0.5, 0.6) is 0 Å². The predicted molar refractivity (Wildman–Crippen MR) is 128 cm³/mol. The summed E-state index contributed by atoms with van der Waals surface area (Å²) in [5, 5.41) is 3.77. The minimum Gasteiger partial charge on any atom is -0.361 e. The highest BCUT2D eigenvalue weighted by molar-refractivity contribution is 6.18. The molecule has 6 rings (SSSR count). The molecule has 0 spiro atoms. The molecule has 0 radical (unpaired) electrons. The number of carbonyl (C=O) groups is 1. The Morgan fingerprint density at radius 1 is 1.03 bits per heavy atom. The van der Waals surface area contributed by atoms with Crippen LogP contribution in [0.1, 0.15) is 17.3 Å². The summed E-state index contributed by atoms with van der Waals surface area (Å²) in [6, 6.07) is 15.2. The van der Waals surface area contributed by atoms with Crippen LogP contribution in [0.25, 0.3) is 21.9 Å². The van der Waals surface area contributed by atoms with Crippen molar-refractivity contribution in [2.75, 3.05) is 11.4 Å². The maximum absolute atomic E-state index is 13.8. The number of amidine groups is 1. The fourth-order valence-electron chi connectivity index (χ4n) is 4.41. The lowest BCUT2D eigenvalue weighted by molar-refractivity contribution is 0.252. The molecular formula is C25H20FN7O. The van der Waals surface area contributed by atoms with Gasteiger partial charge in [-0.05, 0) is 48.5 Å². The average molecular weight is 453 g/mol. The number of nitrogens with one attached hydrogen (secondary N) is 3. The number of aromatic amines is 2. The van der Waals surface area contributed by atoms with E-state index in [1.165, 1.54) is 12.1 Å². The highest BCUT2D eigenvalue weighted by Gasteiger charge is 2.40. The van der Waals surface area contributed by atoms with E-state index in [4.69, 9.17) is 4.99 Å². The first kappa shape index (κ1) is 20.1. The molecule has 1 aliphatic rings. The Morgan fingerprint density at radius 2 is 1.97 bits per heavy atom. The van der Waals surface area contributed by atoms with Gasteiger partial charge in [0, 0.05) is 53.2 Å². The summed E-state index contributed by atoms with van der Waals surface area (Å²) in [6.07, 6.45) is 5.82. The lowest BCUT2D eigenvalue weighted by Gasteiger charge is -2.23. The van der Waals surface area contributed by atoms with Crippen LogP contribution in [-0.4, -0.2) is 38.3 Å². The SMILES string of the molecule is O=C1NC(=NCCc2ccccn2)C(c2c[nH]c3cc(F)ccc23)N1c1ccc2[nH]cnc2c1. The quantitative estimate of drug-likeness (QED) is 0.365. The van der Waals surface area contributed by atoms with Gasteiger partial charge in [0.25, 0.3) is 0 Å². The number of carbonyl (C=O) groups excluding carboxylic acids is 1. The fraction of sp³-hybridized carbons (Fsp3) is 0.120. The number of imidazole rings is 1. The number of benzene rings is 2. The van der Waals surface area contributed by atoms with Gasteiger partial charge in [-0.1, -0.05) is 6.07 Å². The average Bonchev–Trinajstić information content (AvgIpc) is 3.55. The van der Waals surface area contributed by atoms with E-state index in [2.05, 4.69) is 25.3 Å². The minimum absolute atomic E-state index is 0.284. The van der Waals surface area contributed by atoms with Gasteiger partial charge in [0.1, 0.15) is 17.7 Å². The van der Waals surface area contributed by atoms with Crippen LogP contribution in [0, 0.1) is 5.82 Å². The topological polar surface area (TPSA) is 102 Å². The number of nitrogens with zero attached hydrogens (tertiary/aromatic N) is 4. The third kappa shape index (κ3) is 3.47. The molecule has 168 valence electrons. The second-order valence-electron chi connectivity index (χ2n) is 8.08. The second-order valence-corrected chi connectivity index (χ2v) is 8.08. The highest BCUT2D eigenvalue weighted by Crippen LogP contribution is 2.36. The van der Waals surface area contributed by atoms with Crippen LogP contribution in [0.15, 0.2) is 78.3 Å². The van der Waals surface area contributed by atoms with E-state index in [0.29, 0.717) is 30.0 Å². The first-order valence-corrected chi connectivity index (χ1v) is 10.9. The standard InChI is InChI=1S/C25H20FN7O/c26-15-4-6-18-19(13-29-21(18)11-15)23-24(28-10-8-16-3-1-2-9-27-16)32-25(34)33(23)17-5-7-20-22(12-17)31-14-30-20/h1-7,9,11-14,23,29H,8,10H2,(H,30,31)(H,28,32,34). The molecule has 4 heterocycles. The molecule has 1 saturated heterocycles. The molecule has 8 nitrogen and oxygen atoms in total. The van der Waals surface area contributed by atoms with Crippen molar-refractivity contribution in [1.29, 1.82) is 0 Å². The number of aromatic nitrogens is 4. The number of fused-ring (bicyclic) bond motifs is 2. The molecule has 9 heteroatoms. The molecule has 2 amide bonds. The van der Waals surface area contributed by atoms with Crippen LogP contribution in [0.3, 0.4) is 0 Å². The zero-order valence-electron chi connectivity index (χ0n) is 18.0. The van der Waals surface area contributed by atoms with Crippen molar-refractivity contribution >= 4 is 39.5 Å². The molecule has 3 aromatic heterocycles. The summed E-state index contributed by atoms with van der Waals surface area (Å²) in [7, 11) is 0. The van der Waals surface area contributed by atoms with Gasteiger partial charge in [0.2, 0.25) is 0 Å². The Labute approximate surface area is 193 Å². The van der Waals surface area contributed by atoms with Gasteiger partial charge in [-0.15, -0.1) is 0 Å². The largest absolute Gasteiger partial charge is 0.361 e. The molecular weight excluding hydrogens is 433 g/mol. The van der Waals surface area contributed by atoms with Crippen LogP contribution < -0.4 is 10.2 Å². The number of anilines is 1. The number of halogens is 1.